The van der Waals surface area contributed by atoms with Gasteiger partial charge in [-0.25, -0.2) is 0 Å². The molecule has 2 atom stereocenters. The summed E-state index contributed by atoms with van der Waals surface area (Å²) in [5.41, 5.74) is 2.91. The average molecular weight is 288 g/mol. The zero-order valence-electron chi connectivity index (χ0n) is 14.1. The molecule has 2 heteroatoms. The highest BCUT2D eigenvalue weighted by Gasteiger charge is 2.16. The molecule has 0 amide bonds. The highest BCUT2D eigenvalue weighted by Crippen LogP contribution is 2.19. The second-order valence-electron chi connectivity index (χ2n) is 6.83. The number of rotatable bonds is 7. The first kappa shape index (κ1) is 16.5. The number of benzene rings is 1. The Morgan fingerprint density at radius 2 is 2.05 bits per heavy atom. The molecule has 1 aromatic carbocycles. The van der Waals surface area contributed by atoms with Crippen LogP contribution in [0.5, 0.6) is 0 Å². The van der Waals surface area contributed by atoms with Gasteiger partial charge in [0.25, 0.3) is 0 Å². The van der Waals surface area contributed by atoms with E-state index in [-0.39, 0.29) is 0 Å². The van der Waals surface area contributed by atoms with Crippen molar-refractivity contribution in [2.75, 3.05) is 26.2 Å². The Morgan fingerprint density at radius 3 is 2.71 bits per heavy atom. The molecule has 0 spiro atoms. The predicted octanol–water partition coefficient (Wildman–Crippen LogP) is 4.02. The quantitative estimate of drug-likeness (QED) is 0.762. The highest BCUT2D eigenvalue weighted by atomic mass is 15.1. The van der Waals surface area contributed by atoms with Gasteiger partial charge in [0.15, 0.2) is 0 Å². The molecule has 1 fully saturated rings. The number of hydrogen-bond donors (Lipinski definition) is 1. The molecule has 1 aliphatic heterocycles. The Morgan fingerprint density at radius 1 is 1.29 bits per heavy atom. The maximum atomic E-state index is 3.51. The van der Waals surface area contributed by atoms with Crippen LogP contribution < -0.4 is 5.32 Å². The van der Waals surface area contributed by atoms with Crippen LogP contribution in [0, 0.1) is 5.92 Å². The van der Waals surface area contributed by atoms with E-state index in [1.807, 2.05) is 0 Å². The molecular weight excluding hydrogens is 256 g/mol. The van der Waals surface area contributed by atoms with Crippen molar-refractivity contribution >= 4 is 0 Å². The lowest BCUT2D eigenvalue weighted by molar-refractivity contribution is 0.176. The van der Waals surface area contributed by atoms with E-state index in [2.05, 4.69) is 55.3 Å². The fraction of sp³-hybridized carbons (Fsp3) is 0.684. The van der Waals surface area contributed by atoms with Crippen molar-refractivity contribution in [3.8, 4) is 0 Å². The summed E-state index contributed by atoms with van der Waals surface area (Å²) in [4.78, 5) is 2.61. The van der Waals surface area contributed by atoms with Gasteiger partial charge >= 0.3 is 0 Å². The van der Waals surface area contributed by atoms with Crippen LogP contribution >= 0.6 is 0 Å². The number of likely N-dealkylation sites (tertiary alicyclic amines) is 1. The first-order valence-corrected chi connectivity index (χ1v) is 8.71. The largest absolute Gasteiger partial charge is 0.316 e. The van der Waals surface area contributed by atoms with Crippen LogP contribution in [0.2, 0.25) is 0 Å². The monoisotopic (exact) mass is 288 g/mol. The van der Waals surface area contributed by atoms with Crippen molar-refractivity contribution in [2.45, 2.75) is 52.5 Å². The maximum absolute atomic E-state index is 3.51. The molecule has 0 radical (unpaired) electrons. The first-order valence-electron chi connectivity index (χ1n) is 8.71. The lowest BCUT2D eigenvalue weighted by atomic mass is 9.98. The van der Waals surface area contributed by atoms with Crippen molar-refractivity contribution in [1.29, 1.82) is 0 Å². The van der Waals surface area contributed by atoms with E-state index in [1.54, 1.807) is 0 Å². The highest BCUT2D eigenvalue weighted by molar-refractivity contribution is 5.25. The minimum absolute atomic E-state index is 0.598. The normalized spacial score (nSPS) is 21.4. The Hall–Kier alpha value is -0.860. The second kappa shape index (κ2) is 8.55. The molecule has 21 heavy (non-hydrogen) atoms. The van der Waals surface area contributed by atoms with Gasteiger partial charge in [0, 0.05) is 19.6 Å². The third-order valence-electron chi connectivity index (χ3n) is 4.57. The summed E-state index contributed by atoms with van der Waals surface area (Å²) >= 11 is 0. The molecule has 0 aromatic heterocycles. The number of hydrogen-bond acceptors (Lipinski definition) is 2. The van der Waals surface area contributed by atoms with Gasteiger partial charge < -0.3 is 5.32 Å². The molecule has 1 heterocycles. The summed E-state index contributed by atoms with van der Waals surface area (Å²) in [6.45, 7) is 12.8. The molecule has 2 nitrogen and oxygen atoms in total. The van der Waals surface area contributed by atoms with Crippen LogP contribution in [0.1, 0.15) is 57.1 Å². The lowest BCUT2D eigenvalue weighted by Gasteiger charge is -2.30. The fourth-order valence-electron chi connectivity index (χ4n) is 3.25. The lowest BCUT2D eigenvalue weighted by Crippen LogP contribution is -2.33. The summed E-state index contributed by atoms with van der Waals surface area (Å²) in [5.74, 6) is 1.46. The van der Waals surface area contributed by atoms with Crippen molar-refractivity contribution in [3.05, 3.63) is 35.4 Å². The van der Waals surface area contributed by atoms with Gasteiger partial charge in [-0.1, -0.05) is 45.0 Å². The minimum atomic E-state index is 0.598. The van der Waals surface area contributed by atoms with Gasteiger partial charge in [-0.2, -0.15) is 0 Å². The summed E-state index contributed by atoms with van der Waals surface area (Å²) < 4.78 is 0. The molecule has 1 saturated heterocycles. The van der Waals surface area contributed by atoms with E-state index in [0.29, 0.717) is 5.92 Å². The van der Waals surface area contributed by atoms with E-state index in [9.17, 15) is 0 Å². The Bertz CT molecular complexity index is 399. The standard InChI is InChI=1S/C19H32N2/c1-4-11-20-13-17(3)19-9-7-18(8-10-19)15-21-12-5-6-16(2)14-21/h7-10,16-17,20H,4-6,11-15H2,1-3H3. The molecule has 1 aromatic rings. The Labute approximate surface area is 130 Å². The molecule has 0 bridgehead atoms. The van der Waals surface area contributed by atoms with E-state index in [4.69, 9.17) is 0 Å². The SMILES string of the molecule is CCCNCC(C)c1ccc(CN2CCCC(C)C2)cc1. The van der Waals surface area contributed by atoms with Crippen LogP contribution in [0.4, 0.5) is 0 Å². The van der Waals surface area contributed by atoms with E-state index >= 15 is 0 Å². The van der Waals surface area contributed by atoms with Crippen molar-refractivity contribution in [3.63, 3.8) is 0 Å². The molecule has 0 saturated carbocycles. The van der Waals surface area contributed by atoms with Gasteiger partial charge in [0.1, 0.15) is 0 Å². The maximum Gasteiger partial charge on any atom is 0.0233 e. The van der Waals surface area contributed by atoms with Crippen LogP contribution in [0.3, 0.4) is 0 Å². The number of piperidine rings is 1. The molecule has 0 aliphatic carbocycles. The zero-order chi connectivity index (χ0) is 15.1. The smallest absolute Gasteiger partial charge is 0.0233 e. The summed E-state index contributed by atoms with van der Waals surface area (Å²) in [6, 6.07) is 9.29. The third kappa shape index (κ3) is 5.44. The van der Waals surface area contributed by atoms with Crippen LogP contribution in [-0.4, -0.2) is 31.1 Å². The van der Waals surface area contributed by atoms with E-state index in [0.717, 1.165) is 25.6 Å². The molecule has 2 unspecified atom stereocenters. The number of nitrogens with one attached hydrogen (secondary N) is 1. The van der Waals surface area contributed by atoms with Crippen molar-refractivity contribution < 1.29 is 0 Å². The number of nitrogens with zero attached hydrogens (tertiary/aromatic N) is 1. The second-order valence-corrected chi connectivity index (χ2v) is 6.83. The zero-order valence-corrected chi connectivity index (χ0v) is 14.1. The molecule has 1 aliphatic rings. The van der Waals surface area contributed by atoms with Gasteiger partial charge in [0.05, 0.1) is 0 Å². The van der Waals surface area contributed by atoms with Crippen molar-refractivity contribution in [2.24, 2.45) is 5.92 Å². The van der Waals surface area contributed by atoms with Gasteiger partial charge in [0.2, 0.25) is 0 Å². The van der Waals surface area contributed by atoms with Gasteiger partial charge in [-0.15, -0.1) is 0 Å². The molecule has 2 rings (SSSR count). The minimum Gasteiger partial charge on any atom is -0.316 e. The van der Waals surface area contributed by atoms with E-state index in [1.165, 1.54) is 43.5 Å². The predicted molar refractivity (Wildman–Crippen MR) is 91.7 cm³/mol. The van der Waals surface area contributed by atoms with E-state index < -0.39 is 0 Å². The summed E-state index contributed by atoms with van der Waals surface area (Å²) in [6.07, 6.45) is 3.97. The average Bonchev–Trinajstić information content (AvgIpc) is 2.48. The Balaban J connectivity index is 1.83. The van der Waals surface area contributed by atoms with Crippen LogP contribution in [-0.2, 0) is 6.54 Å². The van der Waals surface area contributed by atoms with Gasteiger partial charge in [-0.05, 0) is 55.3 Å². The van der Waals surface area contributed by atoms with Gasteiger partial charge in [-0.3, -0.25) is 4.90 Å². The molecule has 1 N–H and O–H groups in total. The first-order chi connectivity index (χ1) is 10.2. The third-order valence-corrected chi connectivity index (χ3v) is 4.57. The molecule has 118 valence electrons. The molecular formula is C19H32N2. The summed E-state index contributed by atoms with van der Waals surface area (Å²) in [5, 5.41) is 3.51. The fourth-order valence-corrected chi connectivity index (χ4v) is 3.25. The Kier molecular flexibility index (Phi) is 6.72. The summed E-state index contributed by atoms with van der Waals surface area (Å²) in [7, 11) is 0. The van der Waals surface area contributed by atoms with Crippen molar-refractivity contribution in [1.82, 2.24) is 10.2 Å². The van der Waals surface area contributed by atoms with Crippen LogP contribution in [0.25, 0.3) is 0 Å². The topological polar surface area (TPSA) is 15.3 Å². The van der Waals surface area contributed by atoms with Crippen LogP contribution in [0.15, 0.2) is 24.3 Å².